The van der Waals surface area contributed by atoms with Crippen molar-refractivity contribution in [1.82, 2.24) is 15.5 Å². The standard InChI is InChI=1S/C25H35N3O5/c29-15-20(13-19-9-12-26-22(19)30)27-23(31)21-14-25(10-5-2-6-11-25)17-28(21)24(32)33-16-18-7-3-1-4-8-18/h1,3-4,7-8,19-21,29H,2,5-6,9-17H2,(H,26,30)(H,27,31)/t19-,20-,21-/m0/s1. The highest BCUT2D eigenvalue weighted by atomic mass is 16.6. The van der Waals surface area contributed by atoms with Gasteiger partial charge in [-0.1, -0.05) is 49.6 Å². The molecule has 0 aromatic heterocycles. The molecule has 4 rings (SSSR count). The Hall–Kier alpha value is -2.61. The van der Waals surface area contributed by atoms with E-state index in [4.69, 9.17) is 4.74 Å². The number of aliphatic hydroxyl groups is 1. The summed E-state index contributed by atoms with van der Waals surface area (Å²) in [4.78, 5) is 39.9. The molecule has 3 atom stereocenters. The van der Waals surface area contributed by atoms with E-state index < -0.39 is 18.2 Å². The Morgan fingerprint density at radius 2 is 1.97 bits per heavy atom. The van der Waals surface area contributed by atoms with Crippen molar-refractivity contribution in [2.24, 2.45) is 11.3 Å². The highest BCUT2D eigenvalue weighted by molar-refractivity contribution is 5.87. The minimum absolute atomic E-state index is 0.0316. The van der Waals surface area contributed by atoms with Gasteiger partial charge in [0.15, 0.2) is 0 Å². The van der Waals surface area contributed by atoms with Crippen LogP contribution < -0.4 is 10.6 Å². The smallest absolute Gasteiger partial charge is 0.410 e. The Morgan fingerprint density at radius 3 is 2.64 bits per heavy atom. The van der Waals surface area contributed by atoms with Crippen LogP contribution in [0, 0.1) is 11.3 Å². The van der Waals surface area contributed by atoms with Crippen LogP contribution in [0.1, 0.15) is 56.9 Å². The van der Waals surface area contributed by atoms with Gasteiger partial charge in [0.1, 0.15) is 12.6 Å². The maximum atomic E-state index is 13.3. The van der Waals surface area contributed by atoms with Crippen molar-refractivity contribution in [2.45, 2.75) is 70.1 Å². The molecule has 1 saturated carbocycles. The third-order valence-corrected chi connectivity index (χ3v) is 7.46. The van der Waals surface area contributed by atoms with Crippen LogP contribution in [-0.4, -0.2) is 59.7 Å². The fourth-order valence-electron chi connectivity index (χ4n) is 5.64. The Bertz CT molecular complexity index is 840. The van der Waals surface area contributed by atoms with Gasteiger partial charge in [0.2, 0.25) is 11.8 Å². The fourth-order valence-corrected chi connectivity index (χ4v) is 5.64. The second-order valence-electron chi connectivity index (χ2n) is 9.85. The largest absolute Gasteiger partial charge is 0.445 e. The molecular formula is C25H35N3O5. The number of carbonyl (C=O) groups is 3. The summed E-state index contributed by atoms with van der Waals surface area (Å²) in [5.74, 6) is -0.509. The monoisotopic (exact) mass is 457 g/mol. The Labute approximate surface area is 195 Å². The van der Waals surface area contributed by atoms with Crippen molar-refractivity contribution in [3.8, 4) is 0 Å². The van der Waals surface area contributed by atoms with Crippen LogP contribution in [0.15, 0.2) is 30.3 Å². The van der Waals surface area contributed by atoms with Crippen LogP contribution >= 0.6 is 0 Å². The number of aliphatic hydroxyl groups excluding tert-OH is 1. The number of amides is 3. The summed E-state index contributed by atoms with van der Waals surface area (Å²) < 4.78 is 5.58. The zero-order chi connectivity index (χ0) is 23.3. The number of benzene rings is 1. The predicted octanol–water partition coefficient (Wildman–Crippen LogP) is 2.35. The predicted molar refractivity (Wildman–Crippen MR) is 122 cm³/mol. The second-order valence-corrected chi connectivity index (χ2v) is 9.85. The Balaban J connectivity index is 1.43. The first-order valence-electron chi connectivity index (χ1n) is 12.2. The van der Waals surface area contributed by atoms with Gasteiger partial charge >= 0.3 is 6.09 Å². The van der Waals surface area contributed by atoms with Crippen LogP contribution in [0.5, 0.6) is 0 Å². The molecule has 0 radical (unpaired) electrons. The second kappa shape index (κ2) is 10.5. The van der Waals surface area contributed by atoms with Gasteiger partial charge in [-0.25, -0.2) is 4.79 Å². The number of ether oxygens (including phenoxy) is 1. The molecule has 1 aromatic rings. The number of hydrogen-bond donors (Lipinski definition) is 3. The first-order chi connectivity index (χ1) is 16.0. The Kier molecular flexibility index (Phi) is 7.53. The van der Waals surface area contributed by atoms with E-state index in [1.807, 2.05) is 30.3 Å². The molecule has 3 N–H and O–H groups in total. The van der Waals surface area contributed by atoms with Crippen LogP contribution in [0.4, 0.5) is 4.79 Å². The summed E-state index contributed by atoms with van der Waals surface area (Å²) in [6.45, 7) is 1.06. The zero-order valence-electron chi connectivity index (χ0n) is 19.1. The van der Waals surface area contributed by atoms with Gasteiger partial charge in [-0.15, -0.1) is 0 Å². The van der Waals surface area contributed by atoms with E-state index in [0.717, 1.165) is 31.2 Å². The number of hydrogen-bond acceptors (Lipinski definition) is 5. The summed E-state index contributed by atoms with van der Waals surface area (Å²) in [6.07, 6.45) is 6.65. The molecule has 1 aliphatic carbocycles. The normalized spacial score (nSPS) is 25.0. The molecule has 1 spiro atoms. The van der Waals surface area contributed by atoms with E-state index in [2.05, 4.69) is 10.6 Å². The van der Waals surface area contributed by atoms with Crippen molar-refractivity contribution < 1.29 is 24.2 Å². The van der Waals surface area contributed by atoms with E-state index in [1.54, 1.807) is 4.90 Å². The van der Waals surface area contributed by atoms with Gasteiger partial charge in [-0.2, -0.15) is 0 Å². The SMILES string of the molecule is O=C1NCC[C@H]1C[C@@H](CO)NC(=O)[C@@H]1CC2(CCCCC2)CN1C(=O)OCc1ccccc1. The van der Waals surface area contributed by atoms with Gasteiger partial charge in [-0.3, -0.25) is 14.5 Å². The van der Waals surface area contributed by atoms with Gasteiger partial charge in [-0.05, 0) is 43.1 Å². The van der Waals surface area contributed by atoms with Gasteiger partial charge in [0.05, 0.1) is 12.6 Å². The average Bonchev–Trinajstić information content (AvgIpc) is 3.41. The fraction of sp³-hybridized carbons (Fsp3) is 0.640. The third-order valence-electron chi connectivity index (χ3n) is 7.46. The molecule has 8 heteroatoms. The summed E-state index contributed by atoms with van der Waals surface area (Å²) >= 11 is 0. The summed E-state index contributed by atoms with van der Waals surface area (Å²) in [7, 11) is 0. The number of nitrogens with one attached hydrogen (secondary N) is 2. The number of rotatable bonds is 7. The highest BCUT2D eigenvalue weighted by Gasteiger charge is 2.49. The Morgan fingerprint density at radius 1 is 1.21 bits per heavy atom. The third kappa shape index (κ3) is 5.66. The maximum Gasteiger partial charge on any atom is 0.410 e. The van der Waals surface area contributed by atoms with E-state index >= 15 is 0 Å². The molecule has 3 amide bonds. The number of carbonyl (C=O) groups excluding carboxylic acids is 3. The van der Waals surface area contributed by atoms with E-state index in [0.29, 0.717) is 32.4 Å². The average molecular weight is 458 g/mol. The van der Waals surface area contributed by atoms with Crippen molar-refractivity contribution in [2.75, 3.05) is 19.7 Å². The summed E-state index contributed by atoms with van der Waals surface area (Å²) in [6, 6.07) is 8.35. The molecule has 2 aliphatic heterocycles. The van der Waals surface area contributed by atoms with Crippen LogP contribution in [0.25, 0.3) is 0 Å². The highest BCUT2D eigenvalue weighted by Crippen LogP contribution is 2.46. The lowest BCUT2D eigenvalue weighted by atomic mass is 9.72. The minimum atomic E-state index is -0.627. The molecule has 3 aliphatic rings. The summed E-state index contributed by atoms with van der Waals surface area (Å²) in [5.41, 5.74) is 0.847. The van der Waals surface area contributed by atoms with Crippen LogP contribution in [-0.2, 0) is 20.9 Å². The molecule has 8 nitrogen and oxygen atoms in total. The molecule has 3 fully saturated rings. The van der Waals surface area contributed by atoms with E-state index in [-0.39, 0.29) is 36.4 Å². The minimum Gasteiger partial charge on any atom is -0.445 e. The molecule has 0 unspecified atom stereocenters. The molecule has 33 heavy (non-hydrogen) atoms. The quantitative estimate of drug-likeness (QED) is 0.583. The topological polar surface area (TPSA) is 108 Å². The van der Waals surface area contributed by atoms with Crippen molar-refractivity contribution in [1.29, 1.82) is 0 Å². The lowest BCUT2D eigenvalue weighted by Crippen LogP contribution is -2.50. The van der Waals surface area contributed by atoms with Crippen LogP contribution in [0.3, 0.4) is 0 Å². The molecule has 180 valence electrons. The number of nitrogens with zero attached hydrogens (tertiary/aromatic N) is 1. The molecule has 2 heterocycles. The zero-order valence-corrected chi connectivity index (χ0v) is 19.1. The molecule has 1 aromatic carbocycles. The number of likely N-dealkylation sites (tertiary alicyclic amines) is 1. The summed E-state index contributed by atoms with van der Waals surface area (Å²) in [5, 5.41) is 15.6. The van der Waals surface area contributed by atoms with Crippen molar-refractivity contribution in [3.05, 3.63) is 35.9 Å². The lowest BCUT2D eigenvalue weighted by Gasteiger charge is -2.32. The first kappa shape index (κ1) is 23.5. The van der Waals surface area contributed by atoms with Crippen LogP contribution in [0.2, 0.25) is 0 Å². The molecular weight excluding hydrogens is 422 g/mol. The van der Waals surface area contributed by atoms with Crippen molar-refractivity contribution >= 4 is 17.9 Å². The lowest BCUT2D eigenvalue weighted by molar-refractivity contribution is -0.127. The van der Waals surface area contributed by atoms with Gasteiger partial charge in [0, 0.05) is 19.0 Å². The van der Waals surface area contributed by atoms with E-state index in [9.17, 15) is 19.5 Å². The van der Waals surface area contributed by atoms with Gasteiger partial charge in [0.25, 0.3) is 0 Å². The molecule has 2 saturated heterocycles. The maximum absolute atomic E-state index is 13.3. The first-order valence-corrected chi connectivity index (χ1v) is 12.2. The van der Waals surface area contributed by atoms with Crippen molar-refractivity contribution in [3.63, 3.8) is 0 Å². The van der Waals surface area contributed by atoms with E-state index in [1.165, 1.54) is 6.42 Å². The molecule has 0 bridgehead atoms. The van der Waals surface area contributed by atoms with Gasteiger partial charge < -0.3 is 20.5 Å².